The van der Waals surface area contributed by atoms with E-state index < -0.39 is 0 Å². The molecule has 1 aliphatic rings. The Morgan fingerprint density at radius 2 is 2.12 bits per heavy atom. The molecule has 0 aliphatic carbocycles. The van der Waals surface area contributed by atoms with E-state index in [0.717, 1.165) is 36.8 Å². The van der Waals surface area contributed by atoms with Gasteiger partial charge in [0.05, 0.1) is 37.1 Å². The maximum Gasteiger partial charge on any atom is 0.123 e. The van der Waals surface area contributed by atoms with E-state index in [2.05, 4.69) is 56.6 Å². The van der Waals surface area contributed by atoms with Crippen LogP contribution in [-0.4, -0.2) is 38.1 Å². The van der Waals surface area contributed by atoms with Gasteiger partial charge in [-0.15, -0.1) is 0 Å². The minimum atomic E-state index is 0.0854. The maximum atomic E-state index is 5.62. The summed E-state index contributed by atoms with van der Waals surface area (Å²) in [5.74, 6) is 1.95. The van der Waals surface area contributed by atoms with Crippen LogP contribution in [-0.2, 0) is 20.0 Å². The molecule has 1 atom stereocenters. The molecule has 0 spiro atoms. The summed E-state index contributed by atoms with van der Waals surface area (Å²) in [6.45, 7) is 5.89. The third-order valence-electron chi connectivity index (χ3n) is 5.38. The lowest BCUT2D eigenvalue weighted by molar-refractivity contribution is 0.192. The van der Waals surface area contributed by atoms with Crippen molar-refractivity contribution >= 4 is 0 Å². The zero-order chi connectivity index (χ0) is 18.3. The number of aryl methyl sites for hydroxylation is 2. The van der Waals surface area contributed by atoms with Crippen LogP contribution in [0.5, 0.6) is 5.75 Å². The first-order chi connectivity index (χ1) is 12.6. The van der Waals surface area contributed by atoms with Gasteiger partial charge in [-0.3, -0.25) is 4.90 Å². The Labute approximate surface area is 153 Å². The van der Waals surface area contributed by atoms with Crippen LogP contribution < -0.4 is 4.74 Å². The van der Waals surface area contributed by atoms with E-state index >= 15 is 0 Å². The summed E-state index contributed by atoms with van der Waals surface area (Å²) in [6.07, 6.45) is 4.75. The van der Waals surface area contributed by atoms with E-state index in [9.17, 15) is 0 Å². The van der Waals surface area contributed by atoms with Gasteiger partial charge in [0.25, 0.3) is 0 Å². The highest BCUT2D eigenvalue weighted by Crippen LogP contribution is 2.35. The molecule has 4 rings (SSSR count). The summed E-state index contributed by atoms with van der Waals surface area (Å²) in [5, 5.41) is 0. The Hall–Kier alpha value is -2.60. The largest absolute Gasteiger partial charge is 0.496 e. The zero-order valence-corrected chi connectivity index (χ0v) is 15.8. The van der Waals surface area contributed by atoms with Crippen LogP contribution >= 0.6 is 0 Å². The van der Waals surface area contributed by atoms with Gasteiger partial charge >= 0.3 is 0 Å². The predicted octanol–water partition coefficient (Wildman–Crippen LogP) is 2.92. The molecule has 3 aromatic rings. The molecule has 1 aromatic carbocycles. The lowest BCUT2D eigenvalue weighted by atomic mass is 9.98. The van der Waals surface area contributed by atoms with Gasteiger partial charge in [0.15, 0.2) is 0 Å². The van der Waals surface area contributed by atoms with Crippen LogP contribution in [0.4, 0.5) is 0 Å². The number of fused-ring (bicyclic) bond motifs is 1. The van der Waals surface area contributed by atoms with Crippen molar-refractivity contribution in [2.75, 3.05) is 13.7 Å². The molecule has 0 saturated heterocycles. The van der Waals surface area contributed by atoms with Gasteiger partial charge < -0.3 is 14.3 Å². The van der Waals surface area contributed by atoms with Gasteiger partial charge in [0.2, 0.25) is 0 Å². The van der Waals surface area contributed by atoms with Gasteiger partial charge in [-0.1, -0.05) is 12.1 Å². The molecule has 0 radical (unpaired) electrons. The van der Waals surface area contributed by atoms with Gasteiger partial charge in [0.1, 0.15) is 11.6 Å². The van der Waals surface area contributed by atoms with Gasteiger partial charge in [-0.25, -0.2) is 9.97 Å². The number of benzene rings is 1. The molecular formula is C20H25N5O. The van der Waals surface area contributed by atoms with E-state index in [1.165, 1.54) is 22.5 Å². The molecule has 2 aromatic heterocycles. The Morgan fingerprint density at radius 3 is 2.85 bits per heavy atom. The number of H-pyrrole nitrogens is 1. The highest BCUT2D eigenvalue weighted by atomic mass is 16.5. The fourth-order valence-electron chi connectivity index (χ4n) is 3.80. The average molecular weight is 351 g/mol. The molecule has 1 unspecified atom stereocenters. The van der Waals surface area contributed by atoms with Gasteiger partial charge in [-0.05, 0) is 25.5 Å². The van der Waals surface area contributed by atoms with E-state index in [1.807, 2.05) is 13.1 Å². The number of aromatic amines is 1. The van der Waals surface area contributed by atoms with Gasteiger partial charge in [0, 0.05) is 37.8 Å². The van der Waals surface area contributed by atoms with Crippen molar-refractivity contribution in [3.05, 3.63) is 64.8 Å². The van der Waals surface area contributed by atoms with Crippen molar-refractivity contribution in [3.8, 4) is 5.75 Å². The minimum absolute atomic E-state index is 0.0854. The van der Waals surface area contributed by atoms with Crippen LogP contribution in [0.25, 0.3) is 0 Å². The number of aromatic nitrogens is 4. The standard InChI is InChI=1S/C20H25N5O/c1-13-5-6-15(18(9-13)26-4)11-25-8-7-16-19(23-12-22-16)20(25)17-10-21-14(2)24(17)3/h5-6,9-10,12,20H,7-8,11H2,1-4H3,(H,22,23). The maximum absolute atomic E-state index is 5.62. The van der Waals surface area contributed by atoms with Crippen molar-refractivity contribution in [2.24, 2.45) is 7.05 Å². The number of nitrogens with one attached hydrogen (secondary N) is 1. The van der Waals surface area contributed by atoms with E-state index in [4.69, 9.17) is 4.74 Å². The quantitative estimate of drug-likeness (QED) is 0.785. The van der Waals surface area contributed by atoms with E-state index in [0.29, 0.717) is 0 Å². The second kappa shape index (κ2) is 6.61. The molecule has 6 heteroatoms. The monoisotopic (exact) mass is 351 g/mol. The number of imidazole rings is 2. The second-order valence-corrected chi connectivity index (χ2v) is 6.99. The summed E-state index contributed by atoms with van der Waals surface area (Å²) in [7, 11) is 3.81. The fourth-order valence-corrected chi connectivity index (χ4v) is 3.80. The second-order valence-electron chi connectivity index (χ2n) is 6.99. The summed E-state index contributed by atoms with van der Waals surface area (Å²) in [5.41, 5.74) is 5.89. The number of nitrogens with zero attached hydrogens (tertiary/aromatic N) is 4. The Balaban J connectivity index is 1.74. The molecule has 6 nitrogen and oxygen atoms in total. The molecule has 136 valence electrons. The van der Waals surface area contributed by atoms with Crippen LogP contribution in [0, 0.1) is 13.8 Å². The van der Waals surface area contributed by atoms with Crippen molar-refractivity contribution in [1.29, 1.82) is 0 Å². The van der Waals surface area contributed by atoms with Crippen molar-refractivity contribution in [2.45, 2.75) is 32.9 Å². The van der Waals surface area contributed by atoms with Crippen LogP contribution in [0.3, 0.4) is 0 Å². The lowest BCUT2D eigenvalue weighted by Gasteiger charge is -2.35. The number of hydrogen-bond acceptors (Lipinski definition) is 4. The molecule has 1 N–H and O–H groups in total. The topological polar surface area (TPSA) is 59.0 Å². The number of ether oxygens (including phenoxy) is 1. The van der Waals surface area contributed by atoms with Gasteiger partial charge in [-0.2, -0.15) is 0 Å². The summed E-state index contributed by atoms with van der Waals surface area (Å²) >= 11 is 0. The van der Waals surface area contributed by atoms with Crippen molar-refractivity contribution in [1.82, 2.24) is 24.4 Å². The Kier molecular flexibility index (Phi) is 4.28. The molecule has 0 fully saturated rings. The predicted molar refractivity (Wildman–Crippen MR) is 100 cm³/mol. The summed E-state index contributed by atoms with van der Waals surface area (Å²) < 4.78 is 7.79. The highest BCUT2D eigenvalue weighted by Gasteiger charge is 2.33. The zero-order valence-electron chi connectivity index (χ0n) is 15.8. The molecule has 0 saturated carbocycles. The molecule has 26 heavy (non-hydrogen) atoms. The number of hydrogen-bond donors (Lipinski definition) is 1. The summed E-state index contributed by atoms with van der Waals surface area (Å²) in [6, 6.07) is 6.50. The third-order valence-corrected chi connectivity index (χ3v) is 5.38. The normalized spacial score (nSPS) is 17.3. The molecule has 3 heterocycles. The Bertz CT molecular complexity index is 926. The first-order valence-corrected chi connectivity index (χ1v) is 8.96. The number of methoxy groups -OCH3 is 1. The fraction of sp³-hybridized carbons (Fsp3) is 0.400. The minimum Gasteiger partial charge on any atom is -0.496 e. The molecule has 1 aliphatic heterocycles. The first kappa shape index (κ1) is 16.8. The van der Waals surface area contributed by atoms with Crippen molar-refractivity contribution in [3.63, 3.8) is 0 Å². The molecule has 0 bridgehead atoms. The highest BCUT2D eigenvalue weighted by molar-refractivity contribution is 5.38. The van der Waals surface area contributed by atoms with Crippen LogP contribution in [0.1, 0.15) is 40.1 Å². The van der Waals surface area contributed by atoms with E-state index in [-0.39, 0.29) is 6.04 Å². The Morgan fingerprint density at radius 1 is 1.27 bits per heavy atom. The molecular weight excluding hydrogens is 326 g/mol. The lowest BCUT2D eigenvalue weighted by Crippen LogP contribution is -2.36. The number of rotatable bonds is 4. The first-order valence-electron chi connectivity index (χ1n) is 8.96. The van der Waals surface area contributed by atoms with Crippen LogP contribution in [0.2, 0.25) is 0 Å². The SMILES string of the molecule is COc1cc(C)ccc1CN1CCc2[nH]cnc2C1c1cnc(C)n1C. The third kappa shape index (κ3) is 2.80. The average Bonchev–Trinajstić information content (AvgIpc) is 3.24. The molecule has 0 amide bonds. The summed E-state index contributed by atoms with van der Waals surface area (Å²) in [4.78, 5) is 14.9. The smallest absolute Gasteiger partial charge is 0.123 e. The van der Waals surface area contributed by atoms with Crippen LogP contribution in [0.15, 0.2) is 30.7 Å². The van der Waals surface area contributed by atoms with E-state index in [1.54, 1.807) is 13.4 Å². The van der Waals surface area contributed by atoms with Crippen molar-refractivity contribution < 1.29 is 4.74 Å².